The first-order chi connectivity index (χ1) is 13.0. The summed E-state index contributed by atoms with van der Waals surface area (Å²) in [5, 5.41) is 0. The van der Waals surface area contributed by atoms with Crippen molar-refractivity contribution in [1.82, 2.24) is 3.57 Å². The molecule has 2 rings (SSSR count). The van der Waals surface area contributed by atoms with E-state index in [0.29, 0.717) is 13.1 Å². The molecule has 0 aliphatic rings. The standard InChI is InChI=1S/C22H32N3.2ClH.Tc/c1-13-7-15(3)21(16(4)8-13)19(23)11-25-12-20(24)22-17(5)9-14(2)10-18(22)6;;;/h7-10,19-20H,11-12,23-24H2,1-6H3;2*1H;/q-1;;;+3/p-2. The molecule has 0 saturated carbocycles. The predicted molar refractivity (Wildman–Crippen MR) is 118 cm³/mol. The van der Waals surface area contributed by atoms with Crippen molar-refractivity contribution in [1.29, 1.82) is 0 Å². The average molecular weight is 507 g/mol. The Kier molecular flexibility index (Phi) is 8.54. The summed E-state index contributed by atoms with van der Waals surface area (Å²) in [5.74, 6) is 0. The van der Waals surface area contributed by atoms with Crippen LogP contribution in [-0.2, 0) is 14.7 Å². The molecule has 28 heavy (non-hydrogen) atoms. The van der Waals surface area contributed by atoms with Crippen LogP contribution in [0.15, 0.2) is 24.3 Å². The molecular weight excluding hydrogens is 475 g/mol. The molecule has 0 aliphatic carbocycles. The van der Waals surface area contributed by atoms with E-state index in [1.165, 1.54) is 44.5 Å². The summed E-state index contributed by atoms with van der Waals surface area (Å²) in [6.07, 6.45) is 0. The molecule has 2 aromatic carbocycles. The second kappa shape index (κ2) is 10.0. The summed E-state index contributed by atoms with van der Waals surface area (Å²) in [6, 6.07) is 8.41. The van der Waals surface area contributed by atoms with Gasteiger partial charge in [-0.1, -0.05) is 0 Å². The Hall–Kier alpha value is -0.451. The molecule has 2 aromatic rings. The van der Waals surface area contributed by atoms with Crippen LogP contribution in [0.5, 0.6) is 0 Å². The van der Waals surface area contributed by atoms with E-state index < -0.39 is 14.7 Å². The molecule has 2 atom stereocenters. The van der Waals surface area contributed by atoms with Gasteiger partial charge < -0.3 is 0 Å². The molecule has 0 fully saturated rings. The van der Waals surface area contributed by atoms with Crippen molar-refractivity contribution in [3.63, 3.8) is 0 Å². The molecule has 2 unspecified atom stereocenters. The van der Waals surface area contributed by atoms with Gasteiger partial charge in [0.15, 0.2) is 0 Å². The first kappa shape index (κ1) is 23.8. The van der Waals surface area contributed by atoms with Crippen LogP contribution in [0.3, 0.4) is 0 Å². The van der Waals surface area contributed by atoms with Crippen molar-refractivity contribution in [2.45, 2.75) is 53.6 Å². The fourth-order valence-corrected chi connectivity index (χ4v) is 6.82. The Balaban J connectivity index is 2.23. The molecule has 0 aromatic heterocycles. The van der Waals surface area contributed by atoms with E-state index in [-0.39, 0.29) is 12.1 Å². The number of aryl methyl sites for hydroxylation is 6. The van der Waals surface area contributed by atoms with E-state index in [1.807, 2.05) is 0 Å². The van der Waals surface area contributed by atoms with Crippen LogP contribution in [0, 0.1) is 41.5 Å². The summed E-state index contributed by atoms with van der Waals surface area (Å²) >= 11 is -2.29. The molecule has 3 nitrogen and oxygen atoms in total. The van der Waals surface area contributed by atoms with Crippen molar-refractivity contribution < 1.29 is 14.7 Å². The zero-order valence-corrected chi connectivity index (χ0v) is 21.0. The SMILES string of the molecule is Cc1cc(C)c(C(N)C[N](CC(N)c2c(C)cc(C)cc2C)[Tc]([Cl])[Cl])c(C)c1. The molecular formula is C22H32Cl2N3Tc. The molecule has 0 saturated heterocycles. The topological polar surface area (TPSA) is 55.3 Å². The first-order valence-electron chi connectivity index (χ1n) is 9.46. The van der Waals surface area contributed by atoms with E-state index >= 15 is 0 Å². The Bertz CT molecular complexity index is 727. The number of halogens is 2. The van der Waals surface area contributed by atoms with E-state index in [0.717, 1.165) is 0 Å². The Labute approximate surface area is 183 Å². The third-order valence-electron chi connectivity index (χ3n) is 5.19. The van der Waals surface area contributed by atoms with Gasteiger partial charge in [0.2, 0.25) is 0 Å². The number of benzene rings is 2. The van der Waals surface area contributed by atoms with E-state index in [9.17, 15) is 0 Å². The predicted octanol–water partition coefficient (Wildman–Crippen LogP) is 5.38. The van der Waals surface area contributed by atoms with Crippen LogP contribution >= 0.6 is 19.2 Å². The van der Waals surface area contributed by atoms with E-state index in [2.05, 4.69) is 69.4 Å². The van der Waals surface area contributed by atoms with Crippen molar-refractivity contribution in [3.8, 4) is 0 Å². The molecule has 0 heterocycles. The van der Waals surface area contributed by atoms with Crippen LogP contribution < -0.4 is 11.5 Å². The van der Waals surface area contributed by atoms with Gasteiger partial charge >= 0.3 is 184 Å². The van der Waals surface area contributed by atoms with E-state index in [1.54, 1.807) is 0 Å². The second-order valence-electron chi connectivity index (χ2n) is 7.85. The van der Waals surface area contributed by atoms with Gasteiger partial charge in [0.05, 0.1) is 0 Å². The van der Waals surface area contributed by atoms with E-state index in [4.69, 9.17) is 30.6 Å². The molecule has 0 spiro atoms. The van der Waals surface area contributed by atoms with Gasteiger partial charge in [0.1, 0.15) is 0 Å². The van der Waals surface area contributed by atoms with Gasteiger partial charge in [0.25, 0.3) is 0 Å². The number of hydrogen-bond acceptors (Lipinski definition) is 3. The number of rotatable bonds is 7. The average Bonchev–Trinajstić information content (AvgIpc) is 2.51. The maximum absolute atomic E-state index is 6.60. The molecule has 0 aliphatic heterocycles. The van der Waals surface area contributed by atoms with Crippen LogP contribution in [0.1, 0.15) is 56.6 Å². The molecule has 0 bridgehead atoms. The Morgan fingerprint density at radius 1 is 0.714 bits per heavy atom. The quantitative estimate of drug-likeness (QED) is 0.529. The minimum atomic E-state index is -2.29. The number of nitrogens with zero attached hydrogens (tertiary/aromatic N) is 1. The summed E-state index contributed by atoms with van der Waals surface area (Å²) in [7, 11) is 12.9. The van der Waals surface area contributed by atoms with Crippen LogP contribution in [0.4, 0.5) is 0 Å². The summed E-state index contributed by atoms with van der Waals surface area (Å²) < 4.78 is 2.11. The zero-order chi connectivity index (χ0) is 21.2. The minimum absolute atomic E-state index is 0.148. The van der Waals surface area contributed by atoms with Crippen LogP contribution in [0.25, 0.3) is 0 Å². The van der Waals surface area contributed by atoms with Gasteiger partial charge in [-0.3, -0.25) is 0 Å². The summed E-state index contributed by atoms with van der Waals surface area (Å²) in [4.78, 5) is 0. The number of nitrogens with two attached hydrogens (primary N) is 2. The maximum atomic E-state index is 6.60. The van der Waals surface area contributed by atoms with Crippen molar-refractivity contribution in [2.75, 3.05) is 13.1 Å². The summed E-state index contributed by atoms with van der Waals surface area (Å²) in [5.41, 5.74) is 22.9. The monoisotopic (exact) mass is 505 g/mol. The third kappa shape index (κ3) is 5.79. The van der Waals surface area contributed by atoms with Gasteiger partial charge in [-0.2, -0.15) is 0 Å². The van der Waals surface area contributed by atoms with Crippen LogP contribution in [0.2, 0.25) is 0 Å². The van der Waals surface area contributed by atoms with Crippen LogP contribution in [-0.4, -0.2) is 16.7 Å². The third-order valence-corrected chi connectivity index (χ3v) is 8.89. The summed E-state index contributed by atoms with van der Waals surface area (Å²) in [6.45, 7) is 13.9. The normalized spacial score (nSPS) is 14.3. The van der Waals surface area contributed by atoms with Gasteiger partial charge in [-0.25, -0.2) is 0 Å². The molecule has 156 valence electrons. The van der Waals surface area contributed by atoms with Crippen molar-refractivity contribution in [2.24, 2.45) is 11.5 Å². The first-order valence-corrected chi connectivity index (χ1v) is 15.1. The molecule has 0 amide bonds. The molecule has 6 heteroatoms. The van der Waals surface area contributed by atoms with Gasteiger partial charge in [0, 0.05) is 0 Å². The fraction of sp³-hybridized carbons (Fsp3) is 0.455. The van der Waals surface area contributed by atoms with Gasteiger partial charge in [-0.05, 0) is 0 Å². The van der Waals surface area contributed by atoms with Crippen molar-refractivity contribution >= 4 is 19.2 Å². The molecule has 4 N–H and O–H groups in total. The van der Waals surface area contributed by atoms with Crippen molar-refractivity contribution in [3.05, 3.63) is 68.8 Å². The molecule has 0 radical (unpaired) electrons. The fourth-order valence-electron chi connectivity index (χ4n) is 4.34. The number of hydrogen-bond donors (Lipinski definition) is 2. The van der Waals surface area contributed by atoms with Gasteiger partial charge in [-0.15, -0.1) is 0 Å². The zero-order valence-electron chi connectivity index (χ0n) is 17.6. The second-order valence-corrected chi connectivity index (χ2v) is 14.0. The Morgan fingerprint density at radius 2 is 1.00 bits per heavy atom. The Morgan fingerprint density at radius 3 is 1.25 bits per heavy atom.